The second-order valence-corrected chi connectivity index (χ2v) is 10.5. The molecular formula is C22H27ClFN3O6S. The lowest BCUT2D eigenvalue weighted by atomic mass is 10.1. The summed E-state index contributed by atoms with van der Waals surface area (Å²) < 4.78 is 54.6. The molecule has 0 spiro atoms. The summed E-state index contributed by atoms with van der Waals surface area (Å²) in [5.74, 6) is -0.648. The van der Waals surface area contributed by atoms with Gasteiger partial charge in [0.25, 0.3) is 0 Å². The first-order chi connectivity index (χ1) is 16.0. The average Bonchev–Trinajstić information content (AvgIpc) is 2.76. The number of nitrogens with one attached hydrogen (secondary N) is 1. The summed E-state index contributed by atoms with van der Waals surface area (Å²) in [6.45, 7) is 4.40. The fraction of sp³-hybridized carbons (Fsp3) is 0.455. The number of rotatable bonds is 7. The average molecular weight is 516 g/mol. The molecule has 0 unspecified atom stereocenters. The number of hydrogen-bond acceptors (Lipinski definition) is 8. The molecule has 1 aromatic heterocycles. The van der Waals surface area contributed by atoms with Crippen molar-refractivity contribution in [1.29, 1.82) is 0 Å². The molecule has 1 aliphatic rings. The minimum Gasteiger partial charge on any atom is -0.490 e. The van der Waals surface area contributed by atoms with Gasteiger partial charge in [-0.05, 0) is 32.0 Å². The molecule has 12 heteroatoms. The molecule has 1 fully saturated rings. The van der Waals surface area contributed by atoms with Crippen molar-refractivity contribution in [1.82, 2.24) is 9.88 Å². The summed E-state index contributed by atoms with van der Waals surface area (Å²) in [6, 6.07) is 4.19. The number of halogens is 2. The molecule has 1 aromatic carbocycles. The zero-order chi connectivity index (χ0) is 25.0. The number of carbonyl (C=O) groups excluding carboxylic acids is 1. The van der Waals surface area contributed by atoms with E-state index in [1.807, 2.05) is 0 Å². The molecule has 0 radical (unpaired) electrons. The topological polar surface area (TPSA) is 107 Å². The second-order valence-electron chi connectivity index (χ2n) is 8.09. The molecule has 0 saturated carbocycles. The normalized spacial score (nSPS) is 14.7. The number of nitrogens with zero attached hydrogens (tertiary/aromatic N) is 2. The summed E-state index contributed by atoms with van der Waals surface area (Å²) in [6.07, 6.45) is 2.11. The molecule has 2 aromatic rings. The van der Waals surface area contributed by atoms with E-state index >= 15 is 0 Å². The van der Waals surface area contributed by atoms with E-state index in [1.165, 1.54) is 25.3 Å². The minimum absolute atomic E-state index is 0.0323. The smallest absolute Gasteiger partial charge is 0.410 e. The van der Waals surface area contributed by atoms with Gasteiger partial charge in [0.05, 0.1) is 35.0 Å². The van der Waals surface area contributed by atoms with Gasteiger partial charge in [0.1, 0.15) is 6.10 Å². The predicted molar refractivity (Wildman–Crippen MR) is 125 cm³/mol. The van der Waals surface area contributed by atoms with Gasteiger partial charge < -0.3 is 24.4 Å². The summed E-state index contributed by atoms with van der Waals surface area (Å²) in [7, 11) is -2.07. The lowest BCUT2D eigenvalue weighted by molar-refractivity contribution is 0.0501. The third-order valence-corrected chi connectivity index (χ3v) is 6.52. The number of sulfone groups is 1. The highest BCUT2D eigenvalue weighted by molar-refractivity contribution is 7.90. The molecule has 186 valence electrons. The third kappa shape index (κ3) is 6.20. The Hall–Kier alpha value is -2.79. The van der Waals surface area contributed by atoms with Crippen LogP contribution in [0.2, 0.25) is 5.02 Å². The van der Waals surface area contributed by atoms with Crippen LogP contribution in [0.15, 0.2) is 29.3 Å². The van der Waals surface area contributed by atoms with Crippen molar-refractivity contribution in [3.63, 3.8) is 0 Å². The van der Waals surface area contributed by atoms with Crippen molar-refractivity contribution in [3.8, 4) is 11.5 Å². The Bertz CT molecular complexity index is 1150. The van der Waals surface area contributed by atoms with Crippen LogP contribution in [0.25, 0.3) is 0 Å². The van der Waals surface area contributed by atoms with Crippen LogP contribution in [-0.2, 0) is 14.6 Å². The summed E-state index contributed by atoms with van der Waals surface area (Å²) in [5.41, 5.74) is 0.356. The van der Waals surface area contributed by atoms with Crippen LogP contribution in [0.3, 0.4) is 0 Å². The van der Waals surface area contributed by atoms with Gasteiger partial charge in [0.2, 0.25) is 11.5 Å². The molecule has 0 bridgehead atoms. The van der Waals surface area contributed by atoms with E-state index < -0.39 is 15.7 Å². The molecule has 1 saturated heterocycles. The number of carbonyl (C=O) groups is 1. The first-order valence-electron chi connectivity index (χ1n) is 10.6. The number of hydrogen-bond donors (Lipinski definition) is 1. The number of amides is 1. The number of aromatic nitrogens is 1. The number of anilines is 2. The number of likely N-dealkylation sites (tertiary alicyclic amines) is 1. The van der Waals surface area contributed by atoms with E-state index in [0.717, 1.165) is 12.5 Å². The highest BCUT2D eigenvalue weighted by atomic mass is 35.5. The standard InChI is InChI=1S/C22H27ClFN3O6S/c1-13(2)32-22(28)27-9-7-14(8-10-27)33-19-17(24)12-25-21(20(19)31-3)26-18-6-5-15(11-16(18)23)34(4,29)30/h5-6,11-14H,7-10H2,1-4H3,(H,25,26). The van der Waals surface area contributed by atoms with Gasteiger partial charge in [-0.25, -0.2) is 22.6 Å². The van der Waals surface area contributed by atoms with E-state index in [9.17, 15) is 17.6 Å². The number of ether oxygens (including phenoxy) is 3. The first-order valence-corrected chi connectivity index (χ1v) is 12.9. The van der Waals surface area contributed by atoms with Crippen LogP contribution in [0.5, 0.6) is 11.5 Å². The van der Waals surface area contributed by atoms with Crippen LogP contribution < -0.4 is 14.8 Å². The fourth-order valence-corrected chi connectivity index (χ4v) is 4.34. The summed E-state index contributed by atoms with van der Waals surface area (Å²) in [4.78, 5) is 17.8. The molecule has 1 amide bonds. The van der Waals surface area contributed by atoms with Gasteiger partial charge in [-0.2, -0.15) is 0 Å². The Morgan fingerprint density at radius 1 is 1.26 bits per heavy atom. The van der Waals surface area contributed by atoms with Gasteiger partial charge >= 0.3 is 6.09 Å². The van der Waals surface area contributed by atoms with Crippen molar-refractivity contribution >= 4 is 39.0 Å². The third-order valence-electron chi connectivity index (χ3n) is 5.09. The van der Waals surface area contributed by atoms with Gasteiger partial charge in [0, 0.05) is 32.2 Å². The van der Waals surface area contributed by atoms with Crippen molar-refractivity contribution < 1.29 is 31.8 Å². The van der Waals surface area contributed by atoms with Crippen molar-refractivity contribution in [2.24, 2.45) is 0 Å². The quantitative estimate of drug-likeness (QED) is 0.577. The van der Waals surface area contributed by atoms with Gasteiger partial charge in [0.15, 0.2) is 21.5 Å². The van der Waals surface area contributed by atoms with Gasteiger partial charge in [-0.1, -0.05) is 11.6 Å². The number of benzene rings is 1. The maximum Gasteiger partial charge on any atom is 0.410 e. The molecule has 1 N–H and O–H groups in total. The Morgan fingerprint density at radius 2 is 1.94 bits per heavy atom. The predicted octanol–water partition coefficient (Wildman–Crippen LogP) is 4.42. The van der Waals surface area contributed by atoms with Crippen molar-refractivity contribution in [3.05, 3.63) is 35.2 Å². The molecular weight excluding hydrogens is 489 g/mol. The van der Waals surface area contributed by atoms with Crippen LogP contribution in [0.1, 0.15) is 26.7 Å². The number of pyridine rings is 1. The molecule has 1 aliphatic heterocycles. The number of piperidine rings is 1. The van der Waals surface area contributed by atoms with Crippen molar-refractivity contribution in [2.75, 3.05) is 31.8 Å². The molecule has 34 heavy (non-hydrogen) atoms. The zero-order valence-corrected chi connectivity index (χ0v) is 20.9. The van der Waals surface area contributed by atoms with E-state index in [1.54, 1.807) is 18.7 Å². The molecule has 0 atom stereocenters. The van der Waals surface area contributed by atoms with Crippen LogP contribution in [-0.4, -0.2) is 63.1 Å². The van der Waals surface area contributed by atoms with E-state index in [-0.39, 0.29) is 45.5 Å². The number of methoxy groups -OCH3 is 1. The van der Waals surface area contributed by atoms with E-state index in [4.69, 9.17) is 25.8 Å². The highest BCUT2D eigenvalue weighted by Crippen LogP contribution is 2.40. The Kier molecular flexibility index (Phi) is 8.09. The fourth-order valence-electron chi connectivity index (χ4n) is 3.40. The summed E-state index contributed by atoms with van der Waals surface area (Å²) >= 11 is 6.23. The Balaban J connectivity index is 1.76. The highest BCUT2D eigenvalue weighted by Gasteiger charge is 2.28. The SMILES string of the molecule is COc1c(Nc2ccc(S(C)(=O)=O)cc2Cl)ncc(F)c1OC1CCN(C(=O)OC(C)C)CC1. The van der Waals surface area contributed by atoms with Crippen LogP contribution >= 0.6 is 11.6 Å². The second kappa shape index (κ2) is 10.6. The monoisotopic (exact) mass is 515 g/mol. The Morgan fingerprint density at radius 3 is 2.50 bits per heavy atom. The van der Waals surface area contributed by atoms with Gasteiger partial charge in [-0.3, -0.25) is 0 Å². The largest absolute Gasteiger partial charge is 0.490 e. The van der Waals surface area contributed by atoms with E-state index in [0.29, 0.717) is 31.6 Å². The van der Waals surface area contributed by atoms with Crippen LogP contribution in [0.4, 0.5) is 20.7 Å². The maximum atomic E-state index is 14.7. The lowest BCUT2D eigenvalue weighted by Gasteiger charge is -2.32. The lowest BCUT2D eigenvalue weighted by Crippen LogP contribution is -2.42. The van der Waals surface area contributed by atoms with Crippen molar-refractivity contribution in [2.45, 2.75) is 43.8 Å². The molecule has 9 nitrogen and oxygen atoms in total. The minimum atomic E-state index is -3.43. The first kappa shape index (κ1) is 25.8. The van der Waals surface area contributed by atoms with Crippen LogP contribution in [0, 0.1) is 5.82 Å². The molecule has 2 heterocycles. The van der Waals surface area contributed by atoms with E-state index in [2.05, 4.69) is 10.3 Å². The zero-order valence-electron chi connectivity index (χ0n) is 19.3. The maximum absolute atomic E-state index is 14.7. The summed E-state index contributed by atoms with van der Waals surface area (Å²) in [5, 5.41) is 3.07. The molecule has 0 aliphatic carbocycles. The molecule has 3 rings (SSSR count). The Labute approximate surface area is 203 Å². The van der Waals surface area contributed by atoms with Gasteiger partial charge in [-0.15, -0.1) is 0 Å².